The van der Waals surface area contributed by atoms with Crippen molar-refractivity contribution in [3.8, 4) is 0 Å². The summed E-state index contributed by atoms with van der Waals surface area (Å²) in [6.07, 6.45) is 6.87. The van der Waals surface area contributed by atoms with Crippen molar-refractivity contribution in [1.29, 1.82) is 0 Å². The summed E-state index contributed by atoms with van der Waals surface area (Å²) in [6, 6.07) is 1.45. The van der Waals surface area contributed by atoms with Gasteiger partial charge < -0.3 is 9.67 Å². The Balaban J connectivity index is 2.63. The number of hydrogen-bond donors (Lipinski definition) is 1. The van der Waals surface area contributed by atoms with Crippen LogP contribution in [0.5, 0.6) is 0 Å². The summed E-state index contributed by atoms with van der Waals surface area (Å²) >= 11 is 1.82. The number of carboxylic acid groups (broad SMARTS) is 1. The summed E-state index contributed by atoms with van der Waals surface area (Å²) in [5, 5.41) is 9.07. The van der Waals surface area contributed by atoms with Gasteiger partial charge in [0, 0.05) is 18.3 Å². The molecule has 0 spiro atoms. The highest BCUT2D eigenvalue weighted by molar-refractivity contribution is 7.98. The number of Topliss-reactive ketones (excluding diaryl/α,β-unsaturated/α-hetero) is 1. The number of rotatable bonds is 8. The van der Waals surface area contributed by atoms with Gasteiger partial charge in [0.15, 0.2) is 5.78 Å². The molecular formula is C13H19NO3S. The van der Waals surface area contributed by atoms with Crippen molar-refractivity contribution in [2.75, 3.05) is 12.0 Å². The summed E-state index contributed by atoms with van der Waals surface area (Å²) < 4.78 is 1.66. The monoisotopic (exact) mass is 269 g/mol. The van der Waals surface area contributed by atoms with E-state index in [9.17, 15) is 9.59 Å². The lowest BCUT2D eigenvalue weighted by molar-refractivity contribution is 0.0685. The number of aromatic carboxylic acids is 1. The van der Waals surface area contributed by atoms with E-state index >= 15 is 0 Å². The first-order valence-electron chi connectivity index (χ1n) is 5.99. The molecule has 0 aromatic carbocycles. The number of thioether (sulfide) groups is 1. The second-order valence-electron chi connectivity index (χ2n) is 4.22. The Morgan fingerprint density at radius 1 is 1.33 bits per heavy atom. The lowest BCUT2D eigenvalue weighted by Gasteiger charge is -2.05. The molecule has 1 N–H and O–H groups in total. The SMILES string of the molecule is CSCCCCCn1cc(C(C)=O)cc1C(=O)O. The Morgan fingerprint density at radius 2 is 2.06 bits per heavy atom. The number of nitrogens with zero attached hydrogens (tertiary/aromatic N) is 1. The van der Waals surface area contributed by atoms with E-state index in [-0.39, 0.29) is 11.5 Å². The van der Waals surface area contributed by atoms with E-state index in [1.165, 1.54) is 13.0 Å². The van der Waals surface area contributed by atoms with Crippen molar-refractivity contribution in [3.05, 3.63) is 23.5 Å². The zero-order chi connectivity index (χ0) is 13.5. The van der Waals surface area contributed by atoms with Crippen LogP contribution in [-0.4, -0.2) is 33.4 Å². The fourth-order valence-corrected chi connectivity index (χ4v) is 2.27. The van der Waals surface area contributed by atoms with Gasteiger partial charge in [-0.2, -0.15) is 11.8 Å². The number of unbranched alkanes of at least 4 members (excludes halogenated alkanes) is 2. The lowest BCUT2D eigenvalue weighted by Crippen LogP contribution is -2.07. The first-order chi connectivity index (χ1) is 8.56. The molecule has 0 saturated carbocycles. The van der Waals surface area contributed by atoms with Gasteiger partial charge in [-0.05, 0) is 37.8 Å². The Kier molecular flexibility index (Phi) is 5.98. The maximum Gasteiger partial charge on any atom is 0.352 e. The predicted octanol–water partition coefficient (Wildman–Crippen LogP) is 2.92. The van der Waals surface area contributed by atoms with Crippen LogP contribution in [0.2, 0.25) is 0 Å². The van der Waals surface area contributed by atoms with E-state index in [0.29, 0.717) is 12.1 Å². The van der Waals surface area contributed by atoms with Crippen LogP contribution in [0, 0.1) is 0 Å². The third-order valence-electron chi connectivity index (χ3n) is 2.77. The highest BCUT2D eigenvalue weighted by atomic mass is 32.2. The van der Waals surface area contributed by atoms with E-state index in [2.05, 4.69) is 6.26 Å². The van der Waals surface area contributed by atoms with Gasteiger partial charge in [0.1, 0.15) is 5.69 Å². The van der Waals surface area contributed by atoms with Crippen LogP contribution in [0.3, 0.4) is 0 Å². The maximum absolute atomic E-state index is 11.2. The van der Waals surface area contributed by atoms with Crippen LogP contribution >= 0.6 is 11.8 Å². The van der Waals surface area contributed by atoms with Crippen LogP contribution in [-0.2, 0) is 6.54 Å². The molecule has 100 valence electrons. The molecule has 0 atom stereocenters. The Hall–Kier alpha value is -1.23. The molecule has 1 rings (SSSR count). The fourth-order valence-electron chi connectivity index (χ4n) is 1.77. The van der Waals surface area contributed by atoms with Gasteiger partial charge in [-0.15, -0.1) is 0 Å². The molecule has 1 aromatic heterocycles. The molecule has 0 aliphatic rings. The molecule has 0 aliphatic carbocycles. The van der Waals surface area contributed by atoms with Crippen LogP contribution in [0.1, 0.15) is 47.0 Å². The van der Waals surface area contributed by atoms with Gasteiger partial charge in [-0.1, -0.05) is 6.42 Å². The number of aromatic nitrogens is 1. The molecule has 0 bridgehead atoms. The Bertz CT molecular complexity index is 426. The van der Waals surface area contributed by atoms with E-state index in [4.69, 9.17) is 5.11 Å². The van der Waals surface area contributed by atoms with Gasteiger partial charge in [-0.25, -0.2) is 4.79 Å². The van der Waals surface area contributed by atoms with Crippen molar-refractivity contribution in [2.24, 2.45) is 0 Å². The first-order valence-corrected chi connectivity index (χ1v) is 7.39. The van der Waals surface area contributed by atoms with Crippen molar-refractivity contribution in [3.63, 3.8) is 0 Å². The summed E-state index contributed by atoms with van der Waals surface area (Å²) in [7, 11) is 0. The van der Waals surface area contributed by atoms with Gasteiger partial charge in [-0.3, -0.25) is 4.79 Å². The number of hydrogen-bond acceptors (Lipinski definition) is 3. The fraction of sp³-hybridized carbons (Fsp3) is 0.538. The molecule has 0 amide bonds. The van der Waals surface area contributed by atoms with Crippen LogP contribution in [0.15, 0.2) is 12.3 Å². The molecule has 5 heteroatoms. The molecule has 0 saturated heterocycles. The summed E-state index contributed by atoms with van der Waals surface area (Å²) in [6.45, 7) is 2.10. The highest BCUT2D eigenvalue weighted by Gasteiger charge is 2.14. The largest absolute Gasteiger partial charge is 0.477 e. The van der Waals surface area contributed by atoms with Crippen molar-refractivity contribution >= 4 is 23.5 Å². The molecule has 0 radical (unpaired) electrons. The number of carboxylic acids is 1. The smallest absolute Gasteiger partial charge is 0.352 e. The van der Waals surface area contributed by atoms with E-state index in [1.54, 1.807) is 10.8 Å². The van der Waals surface area contributed by atoms with Gasteiger partial charge in [0.2, 0.25) is 0 Å². The minimum Gasteiger partial charge on any atom is -0.477 e. The first kappa shape index (κ1) is 14.8. The topological polar surface area (TPSA) is 59.3 Å². The van der Waals surface area contributed by atoms with Crippen molar-refractivity contribution in [2.45, 2.75) is 32.7 Å². The average Bonchev–Trinajstić information content (AvgIpc) is 2.73. The van der Waals surface area contributed by atoms with E-state index in [1.807, 2.05) is 11.8 Å². The minimum atomic E-state index is -0.980. The standard InChI is InChI=1S/C13H19NO3S/c1-10(15)11-8-12(13(16)17)14(9-11)6-4-3-5-7-18-2/h8-9H,3-7H2,1-2H3,(H,16,17). The zero-order valence-electron chi connectivity index (χ0n) is 10.8. The average molecular weight is 269 g/mol. The third-order valence-corrected chi connectivity index (χ3v) is 3.47. The minimum absolute atomic E-state index is 0.0985. The molecule has 18 heavy (non-hydrogen) atoms. The predicted molar refractivity (Wildman–Crippen MR) is 73.6 cm³/mol. The zero-order valence-corrected chi connectivity index (χ0v) is 11.6. The van der Waals surface area contributed by atoms with E-state index < -0.39 is 5.97 Å². The van der Waals surface area contributed by atoms with Crippen molar-refractivity contribution < 1.29 is 14.7 Å². The number of carbonyl (C=O) groups excluding carboxylic acids is 1. The second-order valence-corrected chi connectivity index (χ2v) is 5.21. The molecular weight excluding hydrogens is 250 g/mol. The van der Waals surface area contributed by atoms with Gasteiger partial charge >= 0.3 is 5.97 Å². The van der Waals surface area contributed by atoms with E-state index in [0.717, 1.165) is 25.0 Å². The third kappa shape index (κ3) is 4.22. The lowest BCUT2D eigenvalue weighted by atomic mass is 10.2. The number of ketones is 1. The molecule has 0 aliphatic heterocycles. The number of aryl methyl sites for hydroxylation is 1. The van der Waals surface area contributed by atoms with Crippen LogP contribution in [0.25, 0.3) is 0 Å². The second kappa shape index (κ2) is 7.26. The van der Waals surface area contributed by atoms with Crippen LogP contribution in [0.4, 0.5) is 0 Å². The van der Waals surface area contributed by atoms with Gasteiger partial charge in [0.25, 0.3) is 0 Å². The molecule has 4 nitrogen and oxygen atoms in total. The molecule has 1 heterocycles. The molecule has 0 fully saturated rings. The number of carbonyl (C=O) groups is 2. The maximum atomic E-state index is 11.2. The Morgan fingerprint density at radius 3 is 2.61 bits per heavy atom. The summed E-state index contributed by atoms with van der Waals surface area (Å²) in [5.41, 5.74) is 0.668. The quantitative estimate of drug-likeness (QED) is 0.582. The molecule has 1 aromatic rings. The van der Waals surface area contributed by atoms with Crippen molar-refractivity contribution in [1.82, 2.24) is 4.57 Å². The normalized spacial score (nSPS) is 10.6. The summed E-state index contributed by atoms with van der Waals surface area (Å²) in [4.78, 5) is 22.3. The molecule has 0 unspecified atom stereocenters. The van der Waals surface area contributed by atoms with Gasteiger partial charge in [0.05, 0.1) is 0 Å². The highest BCUT2D eigenvalue weighted by Crippen LogP contribution is 2.12. The summed E-state index contributed by atoms with van der Waals surface area (Å²) in [5.74, 6) is 0.0566. The van der Waals surface area contributed by atoms with Crippen LogP contribution < -0.4 is 0 Å². The Labute approximate surface area is 111 Å².